The molecule has 1 aromatic carbocycles. The third kappa shape index (κ3) is 7.08. The molecule has 0 unspecified atom stereocenters. The Morgan fingerprint density at radius 3 is 2.52 bits per heavy atom. The number of nitrogens with zero attached hydrogens (tertiary/aromatic N) is 3. The fraction of sp³-hybridized carbons (Fsp3) is 0.278. The molecule has 25 heavy (non-hydrogen) atoms. The highest BCUT2D eigenvalue weighted by Gasteiger charge is 2.06. The molecule has 134 valence electrons. The van der Waals surface area contributed by atoms with E-state index >= 15 is 0 Å². The molecule has 0 aliphatic rings. The lowest BCUT2D eigenvalue weighted by molar-refractivity contribution is 0.0827. The zero-order valence-corrected chi connectivity index (χ0v) is 16.8. The van der Waals surface area contributed by atoms with Crippen molar-refractivity contribution in [2.75, 3.05) is 20.6 Å². The molecule has 0 aliphatic carbocycles. The van der Waals surface area contributed by atoms with Gasteiger partial charge in [0.2, 0.25) is 0 Å². The molecule has 0 spiro atoms. The highest BCUT2D eigenvalue weighted by molar-refractivity contribution is 14.0. The van der Waals surface area contributed by atoms with Crippen LogP contribution in [0.5, 0.6) is 0 Å². The van der Waals surface area contributed by atoms with Crippen LogP contribution in [0.4, 0.5) is 0 Å². The molecular formula is C18H24IN5O. The van der Waals surface area contributed by atoms with Gasteiger partial charge in [-0.3, -0.25) is 9.78 Å². The standard InChI is InChI=1S/C18H23N5O.HI/c1-23(2)17(24)15-8-6-14(7-9-15)13-22-18(19)21-12-10-16-5-3-4-11-20-16;/h3-9,11H,10,12-13H2,1-2H3,(H3,19,21,22);1H. The van der Waals surface area contributed by atoms with Crippen LogP contribution in [0, 0.1) is 0 Å². The highest BCUT2D eigenvalue weighted by atomic mass is 127. The van der Waals surface area contributed by atoms with Crippen LogP contribution < -0.4 is 11.1 Å². The largest absolute Gasteiger partial charge is 0.370 e. The van der Waals surface area contributed by atoms with E-state index in [0.29, 0.717) is 24.6 Å². The molecule has 2 rings (SSSR count). The molecule has 0 radical (unpaired) electrons. The Morgan fingerprint density at radius 2 is 1.92 bits per heavy atom. The minimum absolute atomic E-state index is 0. The van der Waals surface area contributed by atoms with E-state index in [1.165, 1.54) is 0 Å². The monoisotopic (exact) mass is 453 g/mol. The summed E-state index contributed by atoms with van der Waals surface area (Å²) in [4.78, 5) is 21.9. The first-order valence-electron chi connectivity index (χ1n) is 7.80. The average molecular weight is 453 g/mol. The smallest absolute Gasteiger partial charge is 0.253 e. The zero-order chi connectivity index (χ0) is 17.4. The number of halogens is 1. The number of rotatable bonds is 6. The SMILES string of the molecule is CN(C)C(=O)c1ccc(CN=C(N)NCCc2ccccn2)cc1.I. The fourth-order valence-electron chi connectivity index (χ4n) is 2.11. The summed E-state index contributed by atoms with van der Waals surface area (Å²) in [6, 6.07) is 13.2. The van der Waals surface area contributed by atoms with E-state index in [0.717, 1.165) is 17.7 Å². The van der Waals surface area contributed by atoms with Gasteiger partial charge in [0, 0.05) is 44.5 Å². The van der Waals surface area contributed by atoms with Crippen molar-refractivity contribution in [1.82, 2.24) is 15.2 Å². The number of hydrogen-bond acceptors (Lipinski definition) is 3. The number of amides is 1. The maximum atomic E-state index is 11.8. The number of carbonyl (C=O) groups excluding carboxylic acids is 1. The molecule has 7 heteroatoms. The molecule has 6 nitrogen and oxygen atoms in total. The first-order chi connectivity index (χ1) is 11.6. The lowest BCUT2D eigenvalue weighted by Crippen LogP contribution is -2.33. The molecule has 1 heterocycles. The Kier molecular flexibility index (Phi) is 8.90. The van der Waals surface area contributed by atoms with Crippen molar-refractivity contribution in [2.24, 2.45) is 10.7 Å². The number of benzene rings is 1. The molecule has 1 amide bonds. The van der Waals surface area contributed by atoms with Gasteiger partial charge in [0.25, 0.3) is 5.91 Å². The van der Waals surface area contributed by atoms with Crippen molar-refractivity contribution < 1.29 is 4.79 Å². The van der Waals surface area contributed by atoms with E-state index in [4.69, 9.17) is 5.73 Å². The number of nitrogens with one attached hydrogen (secondary N) is 1. The first kappa shape index (κ1) is 20.9. The topological polar surface area (TPSA) is 83.6 Å². The van der Waals surface area contributed by atoms with Gasteiger partial charge in [-0.05, 0) is 29.8 Å². The third-order valence-electron chi connectivity index (χ3n) is 3.45. The molecule has 0 fully saturated rings. The quantitative estimate of drug-likeness (QED) is 0.399. The van der Waals surface area contributed by atoms with Crippen LogP contribution in [0.1, 0.15) is 21.6 Å². The first-order valence-corrected chi connectivity index (χ1v) is 7.80. The summed E-state index contributed by atoms with van der Waals surface area (Å²) in [5.74, 6) is 0.389. The van der Waals surface area contributed by atoms with Crippen molar-refractivity contribution in [2.45, 2.75) is 13.0 Å². The van der Waals surface area contributed by atoms with E-state index in [1.807, 2.05) is 30.3 Å². The van der Waals surface area contributed by atoms with Crippen molar-refractivity contribution in [3.63, 3.8) is 0 Å². The lowest BCUT2D eigenvalue weighted by Gasteiger charge is -2.10. The summed E-state index contributed by atoms with van der Waals surface area (Å²) in [7, 11) is 3.47. The minimum atomic E-state index is -0.0132. The molecule has 0 saturated heterocycles. The Hall–Kier alpha value is -2.16. The van der Waals surface area contributed by atoms with Gasteiger partial charge < -0.3 is 16.0 Å². The molecule has 0 aliphatic heterocycles. The van der Waals surface area contributed by atoms with Crippen LogP contribution in [0.2, 0.25) is 0 Å². The Labute approximate surface area is 165 Å². The van der Waals surface area contributed by atoms with Crippen molar-refractivity contribution in [3.8, 4) is 0 Å². The lowest BCUT2D eigenvalue weighted by atomic mass is 10.1. The molecule has 2 aromatic rings. The van der Waals surface area contributed by atoms with Crippen LogP contribution in [0.15, 0.2) is 53.7 Å². The maximum Gasteiger partial charge on any atom is 0.253 e. The van der Waals surface area contributed by atoms with Crippen LogP contribution in [0.25, 0.3) is 0 Å². The summed E-state index contributed by atoms with van der Waals surface area (Å²) >= 11 is 0. The van der Waals surface area contributed by atoms with E-state index < -0.39 is 0 Å². The molecule has 3 N–H and O–H groups in total. The van der Waals surface area contributed by atoms with Gasteiger partial charge in [-0.15, -0.1) is 24.0 Å². The summed E-state index contributed by atoms with van der Waals surface area (Å²) in [5.41, 5.74) is 8.54. The van der Waals surface area contributed by atoms with E-state index in [-0.39, 0.29) is 29.9 Å². The van der Waals surface area contributed by atoms with Crippen molar-refractivity contribution >= 4 is 35.8 Å². The number of aromatic nitrogens is 1. The van der Waals surface area contributed by atoms with E-state index in [9.17, 15) is 4.79 Å². The highest BCUT2D eigenvalue weighted by Crippen LogP contribution is 2.07. The number of nitrogens with two attached hydrogens (primary N) is 1. The number of guanidine groups is 1. The van der Waals surface area contributed by atoms with Crippen molar-refractivity contribution in [1.29, 1.82) is 0 Å². The molecular weight excluding hydrogens is 429 g/mol. The van der Waals surface area contributed by atoms with Gasteiger partial charge in [-0.1, -0.05) is 18.2 Å². The Bertz CT molecular complexity index is 686. The Balaban J connectivity index is 0.00000312. The predicted molar refractivity (Wildman–Crippen MR) is 111 cm³/mol. The summed E-state index contributed by atoms with van der Waals surface area (Å²) in [6.07, 6.45) is 2.57. The fourth-order valence-corrected chi connectivity index (χ4v) is 2.11. The maximum absolute atomic E-state index is 11.8. The number of aliphatic imine (C=N–C) groups is 1. The number of pyridine rings is 1. The third-order valence-corrected chi connectivity index (χ3v) is 3.45. The van der Waals surface area contributed by atoms with Gasteiger partial charge in [0.1, 0.15) is 0 Å². The van der Waals surface area contributed by atoms with Crippen LogP contribution in [-0.2, 0) is 13.0 Å². The van der Waals surface area contributed by atoms with Gasteiger partial charge in [0.05, 0.1) is 6.54 Å². The van der Waals surface area contributed by atoms with Crippen molar-refractivity contribution in [3.05, 3.63) is 65.5 Å². The second-order valence-electron chi connectivity index (χ2n) is 5.60. The minimum Gasteiger partial charge on any atom is -0.370 e. The predicted octanol–water partition coefficient (Wildman–Crippen LogP) is 2.05. The van der Waals surface area contributed by atoms with Crippen LogP contribution in [-0.4, -0.2) is 42.4 Å². The van der Waals surface area contributed by atoms with Crippen LogP contribution in [0.3, 0.4) is 0 Å². The Morgan fingerprint density at radius 1 is 1.20 bits per heavy atom. The molecule has 1 aromatic heterocycles. The molecule has 0 atom stereocenters. The summed E-state index contributed by atoms with van der Waals surface area (Å²) in [6.45, 7) is 1.15. The van der Waals surface area contributed by atoms with Gasteiger partial charge >= 0.3 is 0 Å². The van der Waals surface area contributed by atoms with Gasteiger partial charge in [0.15, 0.2) is 5.96 Å². The summed E-state index contributed by atoms with van der Waals surface area (Å²) < 4.78 is 0. The normalized spacial score (nSPS) is 10.7. The molecule has 0 bridgehead atoms. The zero-order valence-electron chi connectivity index (χ0n) is 14.5. The number of hydrogen-bond donors (Lipinski definition) is 2. The average Bonchev–Trinajstić information content (AvgIpc) is 2.60. The second-order valence-corrected chi connectivity index (χ2v) is 5.60. The number of carbonyl (C=O) groups is 1. The molecule has 0 saturated carbocycles. The van der Waals surface area contributed by atoms with Gasteiger partial charge in [-0.2, -0.15) is 0 Å². The van der Waals surface area contributed by atoms with Crippen LogP contribution >= 0.6 is 24.0 Å². The second kappa shape index (κ2) is 10.7. The van der Waals surface area contributed by atoms with E-state index in [2.05, 4.69) is 15.3 Å². The van der Waals surface area contributed by atoms with E-state index in [1.54, 1.807) is 37.3 Å². The summed E-state index contributed by atoms with van der Waals surface area (Å²) in [5, 5.41) is 3.07. The van der Waals surface area contributed by atoms with Gasteiger partial charge in [-0.25, -0.2) is 4.99 Å².